The highest BCUT2D eigenvalue weighted by atomic mass is 19.1. The fourth-order valence-corrected chi connectivity index (χ4v) is 3.30. The molecule has 2 atom stereocenters. The normalized spacial score (nSPS) is 22.6. The summed E-state index contributed by atoms with van der Waals surface area (Å²) in [7, 11) is 2.09. The van der Waals surface area contributed by atoms with E-state index in [9.17, 15) is 4.39 Å². The summed E-state index contributed by atoms with van der Waals surface area (Å²) >= 11 is 0. The van der Waals surface area contributed by atoms with Gasteiger partial charge in [0.2, 0.25) is 0 Å². The van der Waals surface area contributed by atoms with Crippen molar-refractivity contribution in [2.45, 2.75) is 45.2 Å². The molecule has 1 N–H and O–H groups in total. The maximum atomic E-state index is 13.6. The molecule has 2 rings (SSSR count). The van der Waals surface area contributed by atoms with Crippen molar-refractivity contribution in [2.75, 3.05) is 20.1 Å². The summed E-state index contributed by atoms with van der Waals surface area (Å²) in [5.41, 5.74) is 0.796. The Bertz CT molecular complexity index is 408. The van der Waals surface area contributed by atoms with Crippen LogP contribution in [0.5, 0.6) is 0 Å². The first kappa shape index (κ1) is 15.5. The molecule has 0 spiro atoms. The number of hydrogen-bond acceptors (Lipinski definition) is 2. The Morgan fingerprint density at radius 1 is 1.30 bits per heavy atom. The molecule has 0 heterocycles. The Kier molecular flexibility index (Phi) is 5.99. The SMILES string of the molecule is CCNC1CCCC1CCN(C)Cc1ccccc1F. The largest absolute Gasteiger partial charge is 0.314 e. The lowest BCUT2D eigenvalue weighted by Crippen LogP contribution is -2.34. The molecule has 0 radical (unpaired) electrons. The molecule has 0 aromatic heterocycles. The zero-order chi connectivity index (χ0) is 14.4. The number of rotatable bonds is 7. The number of nitrogens with zero attached hydrogens (tertiary/aromatic N) is 1. The van der Waals surface area contributed by atoms with Crippen LogP contribution in [0.3, 0.4) is 0 Å². The Morgan fingerprint density at radius 2 is 2.10 bits per heavy atom. The summed E-state index contributed by atoms with van der Waals surface area (Å²) < 4.78 is 13.6. The van der Waals surface area contributed by atoms with Crippen LogP contribution in [0.2, 0.25) is 0 Å². The van der Waals surface area contributed by atoms with Crippen LogP contribution in [-0.4, -0.2) is 31.1 Å². The highest BCUT2D eigenvalue weighted by Gasteiger charge is 2.26. The number of hydrogen-bond donors (Lipinski definition) is 1. The Balaban J connectivity index is 1.77. The number of benzene rings is 1. The van der Waals surface area contributed by atoms with Crippen molar-refractivity contribution < 1.29 is 4.39 Å². The second-order valence-electron chi connectivity index (χ2n) is 5.97. The molecular formula is C17H27FN2. The molecule has 1 aliphatic rings. The summed E-state index contributed by atoms with van der Waals surface area (Å²) in [5.74, 6) is 0.698. The monoisotopic (exact) mass is 278 g/mol. The van der Waals surface area contributed by atoms with Crippen molar-refractivity contribution in [3.63, 3.8) is 0 Å². The molecule has 3 heteroatoms. The van der Waals surface area contributed by atoms with E-state index in [2.05, 4.69) is 24.2 Å². The van der Waals surface area contributed by atoms with Gasteiger partial charge in [0.15, 0.2) is 0 Å². The first-order valence-electron chi connectivity index (χ1n) is 7.86. The van der Waals surface area contributed by atoms with Crippen LogP contribution in [0, 0.1) is 11.7 Å². The molecule has 0 aliphatic heterocycles. The summed E-state index contributed by atoms with van der Waals surface area (Å²) in [4.78, 5) is 2.24. The van der Waals surface area contributed by atoms with Gasteiger partial charge in [-0.15, -0.1) is 0 Å². The van der Waals surface area contributed by atoms with Crippen molar-refractivity contribution >= 4 is 0 Å². The fraction of sp³-hybridized carbons (Fsp3) is 0.647. The van der Waals surface area contributed by atoms with Crippen molar-refractivity contribution in [1.29, 1.82) is 0 Å². The Hall–Kier alpha value is -0.930. The average Bonchev–Trinajstić information content (AvgIpc) is 2.87. The van der Waals surface area contributed by atoms with Gasteiger partial charge in [0.1, 0.15) is 5.82 Å². The van der Waals surface area contributed by atoms with Crippen molar-refractivity contribution in [3.05, 3.63) is 35.6 Å². The quantitative estimate of drug-likeness (QED) is 0.822. The van der Waals surface area contributed by atoms with Crippen molar-refractivity contribution in [3.8, 4) is 0 Å². The third-order valence-corrected chi connectivity index (χ3v) is 4.41. The third-order valence-electron chi connectivity index (χ3n) is 4.41. The van der Waals surface area contributed by atoms with Gasteiger partial charge in [0.25, 0.3) is 0 Å². The van der Waals surface area contributed by atoms with Crippen molar-refractivity contribution in [2.24, 2.45) is 5.92 Å². The predicted molar refractivity (Wildman–Crippen MR) is 82.2 cm³/mol. The van der Waals surface area contributed by atoms with Crippen LogP contribution in [0.4, 0.5) is 4.39 Å². The first-order valence-corrected chi connectivity index (χ1v) is 7.86. The maximum absolute atomic E-state index is 13.6. The fourth-order valence-electron chi connectivity index (χ4n) is 3.30. The molecule has 112 valence electrons. The van der Waals surface area contributed by atoms with Crippen LogP contribution in [0.25, 0.3) is 0 Å². The van der Waals surface area contributed by atoms with Gasteiger partial charge >= 0.3 is 0 Å². The lowest BCUT2D eigenvalue weighted by Gasteiger charge is -2.24. The number of nitrogens with one attached hydrogen (secondary N) is 1. The van der Waals surface area contributed by atoms with E-state index >= 15 is 0 Å². The minimum atomic E-state index is -0.0919. The Labute approximate surface area is 122 Å². The Morgan fingerprint density at radius 3 is 2.85 bits per heavy atom. The molecule has 1 saturated carbocycles. The van der Waals surface area contributed by atoms with Crippen LogP contribution in [-0.2, 0) is 6.54 Å². The molecule has 2 nitrogen and oxygen atoms in total. The van der Waals surface area contributed by atoms with Gasteiger partial charge in [0.05, 0.1) is 0 Å². The maximum Gasteiger partial charge on any atom is 0.127 e. The van der Waals surface area contributed by atoms with E-state index in [1.807, 2.05) is 12.1 Å². The third kappa shape index (κ3) is 4.29. The van der Waals surface area contributed by atoms with Gasteiger partial charge in [-0.1, -0.05) is 31.5 Å². The molecule has 2 unspecified atom stereocenters. The van der Waals surface area contributed by atoms with Crippen LogP contribution < -0.4 is 5.32 Å². The highest BCUT2D eigenvalue weighted by molar-refractivity contribution is 5.16. The van der Waals surface area contributed by atoms with Crippen LogP contribution in [0.15, 0.2) is 24.3 Å². The van der Waals surface area contributed by atoms with Crippen LogP contribution >= 0.6 is 0 Å². The highest BCUT2D eigenvalue weighted by Crippen LogP contribution is 2.28. The standard InChI is InChI=1S/C17H27FN2/c1-3-19-17-10-6-8-14(17)11-12-20(2)13-15-7-4-5-9-16(15)18/h4-5,7,9,14,17,19H,3,6,8,10-13H2,1-2H3. The van der Waals surface area contributed by atoms with Crippen molar-refractivity contribution in [1.82, 2.24) is 10.2 Å². The second kappa shape index (κ2) is 7.75. The summed E-state index contributed by atoms with van der Waals surface area (Å²) in [5, 5.41) is 3.60. The van der Waals surface area contributed by atoms with E-state index in [1.54, 1.807) is 12.1 Å². The second-order valence-corrected chi connectivity index (χ2v) is 5.97. The average molecular weight is 278 g/mol. The lowest BCUT2D eigenvalue weighted by atomic mass is 9.99. The molecule has 0 amide bonds. The summed E-state index contributed by atoms with van der Waals surface area (Å²) in [6.07, 6.45) is 5.21. The zero-order valence-electron chi connectivity index (χ0n) is 12.7. The molecule has 0 bridgehead atoms. The minimum absolute atomic E-state index is 0.0919. The topological polar surface area (TPSA) is 15.3 Å². The van der Waals surface area contributed by atoms with E-state index in [4.69, 9.17) is 0 Å². The van der Waals surface area contributed by atoms with Gasteiger partial charge in [-0.2, -0.15) is 0 Å². The van der Waals surface area contributed by atoms with Gasteiger partial charge in [-0.25, -0.2) is 4.39 Å². The van der Waals surface area contributed by atoms with E-state index in [0.29, 0.717) is 12.6 Å². The van der Waals surface area contributed by atoms with Gasteiger partial charge in [-0.05, 0) is 51.4 Å². The zero-order valence-corrected chi connectivity index (χ0v) is 12.7. The molecule has 1 aliphatic carbocycles. The molecular weight excluding hydrogens is 251 g/mol. The predicted octanol–water partition coefficient (Wildman–Crippen LogP) is 3.43. The van der Waals surface area contributed by atoms with Gasteiger partial charge in [-0.3, -0.25) is 0 Å². The smallest absolute Gasteiger partial charge is 0.127 e. The van der Waals surface area contributed by atoms with E-state index in [-0.39, 0.29) is 5.82 Å². The first-order chi connectivity index (χ1) is 9.70. The number of halogens is 1. The molecule has 0 saturated heterocycles. The minimum Gasteiger partial charge on any atom is -0.314 e. The van der Waals surface area contributed by atoms with Gasteiger partial charge in [0, 0.05) is 18.2 Å². The molecule has 20 heavy (non-hydrogen) atoms. The van der Waals surface area contributed by atoms with E-state index < -0.39 is 0 Å². The van der Waals surface area contributed by atoms with Gasteiger partial charge < -0.3 is 10.2 Å². The molecule has 1 fully saturated rings. The summed E-state index contributed by atoms with van der Waals surface area (Å²) in [6, 6.07) is 7.77. The summed E-state index contributed by atoms with van der Waals surface area (Å²) in [6.45, 7) is 4.98. The molecule has 1 aromatic carbocycles. The van der Waals surface area contributed by atoms with Crippen LogP contribution in [0.1, 0.15) is 38.2 Å². The lowest BCUT2D eigenvalue weighted by molar-refractivity contribution is 0.273. The van der Waals surface area contributed by atoms with E-state index in [1.165, 1.54) is 25.7 Å². The van der Waals surface area contributed by atoms with E-state index in [0.717, 1.165) is 24.6 Å². The molecule has 1 aromatic rings.